The number of carbonyl (C=O) groups is 1. The normalized spacial score (nSPS) is 18.4. The Morgan fingerprint density at radius 2 is 2.30 bits per heavy atom. The largest absolute Gasteiger partial charge is 0.493 e. The van der Waals surface area contributed by atoms with Crippen LogP contribution in [0.2, 0.25) is 0 Å². The zero-order chi connectivity index (χ0) is 16.7. The first-order valence-electron chi connectivity index (χ1n) is 7.88. The van der Waals surface area contributed by atoms with Crippen LogP contribution in [0.15, 0.2) is 24.3 Å². The van der Waals surface area contributed by atoms with E-state index in [-0.39, 0.29) is 5.97 Å². The van der Waals surface area contributed by atoms with Crippen LogP contribution >= 0.6 is 0 Å². The summed E-state index contributed by atoms with van der Waals surface area (Å²) in [5.74, 6) is 1.43. The highest BCUT2D eigenvalue weighted by molar-refractivity contribution is 5.81. The lowest BCUT2D eigenvalue weighted by atomic mass is 10.0. The molecule has 1 aromatic rings. The molecule has 0 spiro atoms. The van der Waals surface area contributed by atoms with Crippen molar-refractivity contribution in [1.82, 2.24) is 9.88 Å². The molecule has 126 valence electrons. The number of aromatic nitrogens is 1. The highest BCUT2D eigenvalue weighted by Gasteiger charge is 2.21. The first-order chi connectivity index (χ1) is 11.1. The van der Waals surface area contributed by atoms with Gasteiger partial charge in [0.1, 0.15) is 0 Å². The average molecular weight is 319 g/mol. The SMILES string of the molecule is COC(=O)/C=C/CN1CCC(CCc2ccc(OC)c(N)n2)C1. The Kier molecular flexibility index (Phi) is 6.40. The predicted molar refractivity (Wildman–Crippen MR) is 89.2 cm³/mol. The highest BCUT2D eigenvalue weighted by Crippen LogP contribution is 2.23. The maximum Gasteiger partial charge on any atom is 0.330 e. The lowest BCUT2D eigenvalue weighted by Crippen LogP contribution is -2.21. The van der Waals surface area contributed by atoms with Crippen LogP contribution in [-0.4, -0.2) is 49.7 Å². The zero-order valence-electron chi connectivity index (χ0n) is 13.8. The van der Waals surface area contributed by atoms with E-state index in [1.54, 1.807) is 7.11 Å². The van der Waals surface area contributed by atoms with Crippen molar-refractivity contribution >= 4 is 11.8 Å². The van der Waals surface area contributed by atoms with Gasteiger partial charge < -0.3 is 15.2 Å². The number of carbonyl (C=O) groups excluding carboxylic acids is 1. The fourth-order valence-corrected chi connectivity index (χ4v) is 2.85. The zero-order valence-corrected chi connectivity index (χ0v) is 13.8. The van der Waals surface area contributed by atoms with E-state index in [1.165, 1.54) is 19.6 Å². The molecular formula is C17H25N3O3. The fraction of sp³-hybridized carbons (Fsp3) is 0.529. The van der Waals surface area contributed by atoms with Crippen LogP contribution in [0.25, 0.3) is 0 Å². The van der Waals surface area contributed by atoms with E-state index < -0.39 is 0 Å². The third-order valence-corrected chi connectivity index (χ3v) is 4.16. The number of ether oxygens (including phenoxy) is 2. The van der Waals surface area contributed by atoms with Crippen LogP contribution < -0.4 is 10.5 Å². The van der Waals surface area contributed by atoms with E-state index in [9.17, 15) is 4.79 Å². The van der Waals surface area contributed by atoms with Gasteiger partial charge in [0.2, 0.25) is 0 Å². The van der Waals surface area contributed by atoms with Gasteiger partial charge in [0.05, 0.1) is 14.2 Å². The molecule has 0 aliphatic carbocycles. The standard InChI is InChI=1S/C17H25N3O3/c1-22-15-8-7-14(19-17(15)18)6-5-13-9-11-20(12-13)10-3-4-16(21)23-2/h3-4,7-8,13H,5-6,9-12H2,1-2H3,(H2,18,19)/b4-3+. The number of aryl methyl sites for hydroxylation is 1. The number of hydrogen-bond donors (Lipinski definition) is 1. The molecule has 1 unspecified atom stereocenters. The molecule has 23 heavy (non-hydrogen) atoms. The summed E-state index contributed by atoms with van der Waals surface area (Å²) < 4.78 is 9.70. The summed E-state index contributed by atoms with van der Waals surface area (Å²) in [7, 11) is 2.98. The van der Waals surface area contributed by atoms with Crippen LogP contribution in [0.3, 0.4) is 0 Å². The number of hydrogen-bond acceptors (Lipinski definition) is 6. The van der Waals surface area contributed by atoms with Gasteiger partial charge in [-0.3, -0.25) is 4.90 Å². The second-order valence-corrected chi connectivity index (χ2v) is 5.77. The summed E-state index contributed by atoms with van der Waals surface area (Å²) in [6.07, 6.45) is 6.54. The number of likely N-dealkylation sites (tertiary alicyclic amines) is 1. The maximum atomic E-state index is 11.0. The minimum Gasteiger partial charge on any atom is -0.493 e. The molecule has 1 aliphatic rings. The highest BCUT2D eigenvalue weighted by atomic mass is 16.5. The van der Waals surface area contributed by atoms with Crippen molar-refractivity contribution in [2.75, 3.05) is 39.6 Å². The third-order valence-electron chi connectivity index (χ3n) is 4.16. The Labute approximate surface area is 137 Å². The Bertz CT molecular complexity index is 560. The predicted octanol–water partition coefficient (Wildman–Crippen LogP) is 1.66. The molecule has 2 N–H and O–H groups in total. The summed E-state index contributed by atoms with van der Waals surface area (Å²) in [6.45, 7) is 2.91. The van der Waals surface area contributed by atoms with E-state index in [0.29, 0.717) is 17.5 Å². The number of anilines is 1. The Balaban J connectivity index is 1.74. The van der Waals surface area contributed by atoms with E-state index in [1.807, 2.05) is 18.2 Å². The van der Waals surface area contributed by atoms with Gasteiger partial charge in [0.15, 0.2) is 11.6 Å². The molecule has 0 bridgehead atoms. The van der Waals surface area contributed by atoms with Gasteiger partial charge in [-0.05, 0) is 43.9 Å². The second-order valence-electron chi connectivity index (χ2n) is 5.77. The molecule has 0 amide bonds. The number of rotatable bonds is 7. The first kappa shape index (κ1) is 17.3. The van der Waals surface area contributed by atoms with E-state index in [2.05, 4.69) is 14.6 Å². The average Bonchev–Trinajstić information content (AvgIpc) is 3.00. The topological polar surface area (TPSA) is 77.7 Å². The van der Waals surface area contributed by atoms with Crippen molar-refractivity contribution in [1.29, 1.82) is 0 Å². The smallest absolute Gasteiger partial charge is 0.330 e. The van der Waals surface area contributed by atoms with Crippen LogP contribution in [-0.2, 0) is 16.0 Å². The molecule has 6 heteroatoms. The van der Waals surface area contributed by atoms with Crippen LogP contribution in [0.1, 0.15) is 18.5 Å². The van der Waals surface area contributed by atoms with Crippen LogP contribution in [0.5, 0.6) is 5.75 Å². The molecule has 0 saturated carbocycles. The van der Waals surface area contributed by atoms with E-state index in [4.69, 9.17) is 10.5 Å². The summed E-state index contributed by atoms with van der Waals surface area (Å²) >= 11 is 0. The van der Waals surface area contributed by atoms with Crippen molar-refractivity contribution in [2.24, 2.45) is 5.92 Å². The minimum atomic E-state index is -0.302. The third kappa shape index (κ3) is 5.25. The van der Waals surface area contributed by atoms with Crippen LogP contribution in [0, 0.1) is 5.92 Å². The maximum absolute atomic E-state index is 11.0. The molecule has 1 atom stereocenters. The monoisotopic (exact) mass is 319 g/mol. The van der Waals surface area contributed by atoms with Gasteiger partial charge in [-0.25, -0.2) is 9.78 Å². The van der Waals surface area contributed by atoms with Gasteiger partial charge in [-0.15, -0.1) is 0 Å². The van der Waals surface area contributed by atoms with Crippen molar-refractivity contribution in [3.8, 4) is 5.75 Å². The van der Waals surface area contributed by atoms with Crippen molar-refractivity contribution < 1.29 is 14.3 Å². The molecule has 0 radical (unpaired) electrons. The lowest BCUT2D eigenvalue weighted by molar-refractivity contribution is -0.134. The van der Waals surface area contributed by atoms with Gasteiger partial charge in [-0.2, -0.15) is 0 Å². The van der Waals surface area contributed by atoms with E-state index in [0.717, 1.165) is 38.2 Å². The van der Waals surface area contributed by atoms with Crippen molar-refractivity contribution in [3.63, 3.8) is 0 Å². The minimum absolute atomic E-state index is 0.302. The number of esters is 1. The number of nitrogens with two attached hydrogens (primary N) is 1. The molecule has 0 aromatic carbocycles. The molecule has 1 aromatic heterocycles. The molecule has 2 rings (SSSR count). The van der Waals surface area contributed by atoms with Crippen molar-refractivity contribution in [3.05, 3.63) is 30.0 Å². The second kappa shape index (κ2) is 8.53. The number of methoxy groups -OCH3 is 2. The number of nitrogen functional groups attached to an aromatic ring is 1. The molecule has 1 aliphatic heterocycles. The first-order valence-corrected chi connectivity index (χ1v) is 7.88. The number of pyridine rings is 1. The van der Waals surface area contributed by atoms with Gasteiger partial charge in [0.25, 0.3) is 0 Å². The van der Waals surface area contributed by atoms with E-state index >= 15 is 0 Å². The van der Waals surface area contributed by atoms with Gasteiger partial charge in [-0.1, -0.05) is 6.08 Å². The van der Waals surface area contributed by atoms with Gasteiger partial charge >= 0.3 is 5.97 Å². The van der Waals surface area contributed by atoms with Gasteiger partial charge in [0, 0.05) is 24.9 Å². The summed E-state index contributed by atoms with van der Waals surface area (Å²) in [5, 5.41) is 0. The Hall–Kier alpha value is -2.08. The quantitative estimate of drug-likeness (QED) is 0.608. The summed E-state index contributed by atoms with van der Waals surface area (Å²) in [5.41, 5.74) is 6.85. The molecule has 1 saturated heterocycles. The molecular weight excluding hydrogens is 294 g/mol. The molecule has 2 heterocycles. The van der Waals surface area contributed by atoms with Crippen molar-refractivity contribution in [2.45, 2.75) is 19.3 Å². The Morgan fingerprint density at radius 3 is 3.00 bits per heavy atom. The van der Waals surface area contributed by atoms with Crippen LogP contribution in [0.4, 0.5) is 5.82 Å². The Morgan fingerprint density at radius 1 is 1.48 bits per heavy atom. The lowest BCUT2D eigenvalue weighted by Gasteiger charge is -2.13. The number of nitrogens with zero attached hydrogens (tertiary/aromatic N) is 2. The summed E-state index contributed by atoms with van der Waals surface area (Å²) in [4.78, 5) is 17.8. The molecule has 6 nitrogen and oxygen atoms in total. The fourth-order valence-electron chi connectivity index (χ4n) is 2.85. The molecule has 1 fully saturated rings. The summed E-state index contributed by atoms with van der Waals surface area (Å²) in [6, 6.07) is 3.84.